The molecule has 0 aromatic rings. The quantitative estimate of drug-likeness (QED) is 0.430. The molecule has 0 saturated heterocycles. The Kier molecular flexibility index (Phi) is 8.07. The third-order valence-electron chi connectivity index (χ3n) is 6.45. The molecule has 1 unspecified atom stereocenters. The van der Waals surface area contributed by atoms with E-state index in [1.807, 2.05) is 0 Å². The van der Waals surface area contributed by atoms with E-state index in [2.05, 4.69) is 5.32 Å². The van der Waals surface area contributed by atoms with E-state index in [0.29, 0.717) is 45.1 Å². The molecule has 2 rings (SSSR count). The number of unbranched alkanes of at least 4 members (excludes halogenated alkanes) is 1. The Morgan fingerprint density at radius 1 is 1.04 bits per heavy atom. The molecule has 2 aliphatic carbocycles. The first kappa shape index (κ1) is 21.7. The Bertz CT molecular complexity index is 522. The van der Waals surface area contributed by atoms with Gasteiger partial charge < -0.3 is 21.3 Å². The Labute approximate surface area is 161 Å². The van der Waals surface area contributed by atoms with Gasteiger partial charge in [-0.25, -0.2) is 0 Å². The van der Waals surface area contributed by atoms with Gasteiger partial charge in [0.25, 0.3) is 0 Å². The van der Waals surface area contributed by atoms with Gasteiger partial charge in [0, 0.05) is 6.04 Å². The number of nitrogens with two attached hydrogens (primary N) is 1. The maximum Gasteiger partial charge on any atom is 0.306 e. The molecule has 0 radical (unpaired) electrons. The Morgan fingerprint density at radius 2 is 1.67 bits per heavy atom. The molecule has 2 fully saturated rings. The van der Waals surface area contributed by atoms with Crippen molar-refractivity contribution in [1.82, 2.24) is 5.32 Å². The van der Waals surface area contributed by atoms with Crippen molar-refractivity contribution >= 4 is 17.8 Å². The van der Waals surface area contributed by atoms with Crippen LogP contribution in [0, 0.1) is 17.3 Å². The van der Waals surface area contributed by atoms with Crippen LogP contribution in [0.1, 0.15) is 77.0 Å². The summed E-state index contributed by atoms with van der Waals surface area (Å²) in [4.78, 5) is 35.9. The second kappa shape index (κ2) is 10.1. The van der Waals surface area contributed by atoms with Crippen LogP contribution in [-0.4, -0.2) is 40.6 Å². The van der Waals surface area contributed by atoms with E-state index in [-0.39, 0.29) is 17.9 Å². The molecule has 27 heavy (non-hydrogen) atoms. The zero-order valence-electron chi connectivity index (χ0n) is 16.1. The first-order valence-electron chi connectivity index (χ1n) is 10.3. The van der Waals surface area contributed by atoms with Crippen molar-refractivity contribution in [1.29, 1.82) is 0 Å². The summed E-state index contributed by atoms with van der Waals surface area (Å²) in [6.07, 6.45) is 8.44. The van der Waals surface area contributed by atoms with Crippen molar-refractivity contribution in [2.75, 3.05) is 6.54 Å². The van der Waals surface area contributed by atoms with Crippen molar-refractivity contribution in [2.24, 2.45) is 23.0 Å². The molecule has 0 bridgehead atoms. The smallest absolute Gasteiger partial charge is 0.306 e. The highest BCUT2D eigenvalue weighted by Crippen LogP contribution is 2.44. The normalized spacial score (nSPS) is 25.7. The highest BCUT2D eigenvalue weighted by molar-refractivity contribution is 5.84. The summed E-state index contributed by atoms with van der Waals surface area (Å²) in [5.41, 5.74) is 4.93. The molecule has 2 aliphatic rings. The van der Waals surface area contributed by atoms with Gasteiger partial charge in [-0.2, -0.15) is 0 Å². The van der Waals surface area contributed by atoms with Gasteiger partial charge in [-0.05, 0) is 64.3 Å². The van der Waals surface area contributed by atoms with Crippen LogP contribution in [0.15, 0.2) is 0 Å². The summed E-state index contributed by atoms with van der Waals surface area (Å²) in [5, 5.41) is 21.9. The van der Waals surface area contributed by atoms with Gasteiger partial charge in [-0.15, -0.1) is 0 Å². The summed E-state index contributed by atoms with van der Waals surface area (Å²) < 4.78 is 0. The van der Waals surface area contributed by atoms with Gasteiger partial charge in [0.05, 0.1) is 17.3 Å². The van der Waals surface area contributed by atoms with E-state index in [4.69, 9.17) is 10.8 Å². The van der Waals surface area contributed by atoms with E-state index in [1.165, 1.54) is 0 Å². The van der Waals surface area contributed by atoms with Crippen LogP contribution >= 0.6 is 0 Å². The Hall–Kier alpha value is -1.63. The summed E-state index contributed by atoms with van der Waals surface area (Å²) in [5.74, 6) is -2.42. The van der Waals surface area contributed by atoms with Crippen LogP contribution in [-0.2, 0) is 14.4 Å². The zero-order chi connectivity index (χ0) is 19.9. The molecular weight excluding hydrogens is 348 g/mol. The fourth-order valence-electron chi connectivity index (χ4n) is 4.72. The van der Waals surface area contributed by atoms with Crippen molar-refractivity contribution < 1.29 is 24.6 Å². The van der Waals surface area contributed by atoms with E-state index in [1.54, 1.807) is 0 Å². The van der Waals surface area contributed by atoms with Crippen LogP contribution in [0.2, 0.25) is 0 Å². The standard InChI is InChI=1S/C20H34N2O5/c21-12-4-1-5-15(18(25)26)13-20(10-2-3-11-20)19(27)22-16-8-6-14(7-9-16)17(23)24/h14-16H,1-13,21H2,(H,22,27)(H,23,24)(H,25,26)/t14-,15?,16+. The van der Waals surface area contributed by atoms with Crippen molar-refractivity contribution in [3.8, 4) is 0 Å². The number of carbonyl (C=O) groups excluding carboxylic acids is 1. The highest BCUT2D eigenvalue weighted by atomic mass is 16.4. The van der Waals surface area contributed by atoms with Gasteiger partial charge in [-0.3, -0.25) is 14.4 Å². The fraction of sp³-hybridized carbons (Fsp3) is 0.850. The number of nitrogens with one attached hydrogen (secondary N) is 1. The molecule has 2 saturated carbocycles. The molecule has 5 N–H and O–H groups in total. The van der Waals surface area contributed by atoms with E-state index in [0.717, 1.165) is 38.5 Å². The topological polar surface area (TPSA) is 130 Å². The van der Waals surface area contributed by atoms with Gasteiger partial charge in [0.2, 0.25) is 5.91 Å². The van der Waals surface area contributed by atoms with Gasteiger partial charge in [-0.1, -0.05) is 19.3 Å². The van der Waals surface area contributed by atoms with Crippen LogP contribution in [0.5, 0.6) is 0 Å². The number of hydrogen-bond donors (Lipinski definition) is 4. The number of carboxylic acids is 2. The molecule has 0 spiro atoms. The van der Waals surface area contributed by atoms with Crippen LogP contribution in [0.4, 0.5) is 0 Å². The maximum atomic E-state index is 13.1. The predicted octanol–water partition coefficient (Wildman–Crippen LogP) is 2.53. The molecule has 7 nitrogen and oxygen atoms in total. The lowest BCUT2D eigenvalue weighted by Gasteiger charge is -2.34. The molecule has 7 heteroatoms. The van der Waals surface area contributed by atoms with E-state index >= 15 is 0 Å². The summed E-state index contributed by atoms with van der Waals surface area (Å²) in [6, 6.07) is 0.00564. The van der Waals surface area contributed by atoms with E-state index < -0.39 is 23.3 Å². The van der Waals surface area contributed by atoms with Crippen LogP contribution in [0.3, 0.4) is 0 Å². The van der Waals surface area contributed by atoms with Gasteiger partial charge >= 0.3 is 11.9 Å². The minimum atomic E-state index is -0.826. The second-order valence-corrected chi connectivity index (χ2v) is 8.37. The lowest BCUT2D eigenvalue weighted by Crippen LogP contribution is -2.47. The lowest BCUT2D eigenvalue weighted by molar-refractivity contribution is -0.145. The third kappa shape index (κ3) is 5.92. The first-order valence-corrected chi connectivity index (χ1v) is 10.3. The van der Waals surface area contributed by atoms with Crippen LogP contribution < -0.4 is 11.1 Å². The maximum absolute atomic E-state index is 13.1. The van der Waals surface area contributed by atoms with E-state index in [9.17, 15) is 19.5 Å². The van der Waals surface area contributed by atoms with Crippen molar-refractivity contribution in [3.63, 3.8) is 0 Å². The third-order valence-corrected chi connectivity index (χ3v) is 6.45. The number of amides is 1. The molecule has 0 aromatic carbocycles. The number of aliphatic carboxylic acids is 2. The number of rotatable bonds is 10. The summed E-state index contributed by atoms with van der Waals surface area (Å²) in [6.45, 7) is 0.553. The number of hydrogen-bond acceptors (Lipinski definition) is 4. The minimum Gasteiger partial charge on any atom is -0.481 e. The summed E-state index contributed by atoms with van der Waals surface area (Å²) >= 11 is 0. The predicted molar refractivity (Wildman–Crippen MR) is 101 cm³/mol. The first-order chi connectivity index (χ1) is 12.9. The molecule has 1 amide bonds. The molecular formula is C20H34N2O5. The average Bonchev–Trinajstić information content (AvgIpc) is 3.11. The number of carbonyl (C=O) groups is 3. The van der Waals surface area contributed by atoms with Gasteiger partial charge in [0.1, 0.15) is 0 Å². The number of carboxylic acid groups (broad SMARTS) is 2. The second-order valence-electron chi connectivity index (χ2n) is 8.37. The molecule has 0 aliphatic heterocycles. The lowest BCUT2D eigenvalue weighted by atomic mass is 9.75. The molecule has 1 atom stereocenters. The summed E-state index contributed by atoms with van der Waals surface area (Å²) in [7, 11) is 0. The zero-order valence-corrected chi connectivity index (χ0v) is 16.1. The highest BCUT2D eigenvalue weighted by Gasteiger charge is 2.44. The van der Waals surface area contributed by atoms with Crippen molar-refractivity contribution in [3.05, 3.63) is 0 Å². The molecule has 0 heterocycles. The minimum absolute atomic E-state index is 0.00564. The monoisotopic (exact) mass is 382 g/mol. The van der Waals surface area contributed by atoms with Crippen LogP contribution in [0.25, 0.3) is 0 Å². The SMILES string of the molecule is NCCCCC(CC1(C(=O)N[C@H]2CC[C@@H](C(=O)O)CC2)CCCC1)C(=O)O. The molecule has 154 valence electrons. The Balaban J connectivity index is 1.96. The fourth-order valence-corrected chi connectivity index (χ4v) is 4.72. The van der Waals surface area contributed by atoms with Crippen molar-refractivity contribution in [2.45, 2.75) is 83.1 Å². The molecule has 0 aromatic heterocycles. The average molecular weight is 383 g/mol. The largest absolute Gasteiger partial charge is 0.481 e. The Morgan fingerprint density at radius 3 is 2.19 bits per heavy atom. The van der Waals surface area contributed by atoms with Gasteiger partial charge in [0.15, 0.2) is 0 Å².